The Labute approximate surface area is 176 Å². The molecular formula is C23H35NO4S. The zero-order valence-electron chi connectivity index (χ0n) is 18.3. The first kappa shape index (κ1) is 28.8. The van der Waals surface area contributed by atoms with Gasteiger partial charge in [-0.2, -0.15) is 0 Å². The summed E-state index contributed by atoms with van der Waals surface area (Å²) in [5, 5.41) is 8.25. The van der Waals surface area contributed by atoms with Crippen molar-refractivity contribution in [3.63, 3.8) is 0 Å². The average molecular weight is 422 g/mol. The number of rotatable bonds is 5. The first-order chi connectivity index (χ1) is 13.9. The number of hydrogen-bond acceptors (Lipinski definition) is 4. The van der Waals surface area contributed by atoms with Crippen molar-refractivity contribution >= 4 is 21.8 Å². The molecule has 2 aromatic carbocycles. The van der Waals surface area contributed by atoms with Crippen LogP contribution in [0, 0.1) is 0 Å². The summed E-state index contributed by atoms with van der Waals surface area (Å²) in [4.78, 5) is 10.9. The lowest BCUT2D eigenvalue weighted by Gasteiger charge is -1.99. The number of hydroxylamine groups is 1. The Morgan fingerprint density at radius 2 is 1.59 bits per heavy atom. The van der Waals surface area contributed by atoms with Gasteiger partial charge in [0.1, 0.15) is 0 Å². The van der Waals surface area contributed by atoms with E-state index in [2.05, 4.69) is 37.3 Å². The topological polar surface area (TPSA) is 83.5 Å². The summed E-state index contributed by atoms with van der Waals surface area (Å²) >= 11 is 0. The molecule has 0 aliphatic carbocycles. The Hall–Kier alpha value is -2.44. The highest BCUT2D eigenvalue weighted by atomic mass is 32.2. The van der Waals surface area contributed by atoms with Crippen LogP contribution < -0.4 is 5.48 Å². The lowest BCUT2D eigenvalue weighted by atomic mass is 10.1. The Bertz CT molecular complexity index is 801. The molecule has 5 nitrogen and oxygen atoms in total. The Kier molecular flexibility index (Phi) is 17.5. The first-order valence-corrected chi connectivity index (χ1v) is 11.7. The zero-order chi connectivity index (χ0) is 22.7. The summed E-state index contributed by atoms with van der Waals surface area (Å²) in [6.45, 7) is 10.2. The maximum absolute atomic E-state index is 11.2. The third-order valence-electron chi connectivity index (χ3n) is 3.21. The number of sulfone groups is 1. The molecule has 6 heteroatoms. The number of amides is 1. The second-order valence-corrected chi connectivity index (χ2v) is 7.41. The summed E-state index contributed by atoms with van der Waals surface area (Å²) in [5.74, 6) is -0.676. The highest BCUT2D eigenvalue weighted by Crippen LogP contribution is 2.12. The molecule has 0 aromatic heterocycles. The van der Waals surface area contributed by atoms with E-state index in [1.54, 1.807) is 12.1 Å². The minimum absolute atomic E-state index is 0.180. The van der Waals surface area contributed by atoms with Crippen molar-refractivity contribution in [2.45, 2.75) is 52.4 Å². The molecule has 0 atom stereocenters. The minimum Gasteiger partial charge on any atom is -0.288 e. The molecule has 0 aliphatic heterocycles. The molecule has 2 aromatic rings. The third kappa shape index (κ3) is 14.2. The van der Waals surface area contributed by atoms with E-state index in [0.717, 1.165) is 12.3 Å². The van der Waals surface area contributed by atoms with Gasteiger partial charge in [0.2, 0.25) is 0 Å². The van der Waals surface area contributed by atoms with Crippen LogP contribution in [0.15, 0.2) is 65.6 Å². The SMILES string of the molecule is CC.CC.CCCc1ccccc1.CS(=O)(=O)c1cccc(/C=C/C(=O)NO)c1. The number of carbonyl (C=O) groups is 1. The Morgan fingerprint density at radius 3 is 2.07 bits per heavy atom. The zero-order valence-corrected chi connectivity index (χ0v) is 19.2. The van der Waals surface area contributed by atoms with Gasteiger partial charge in [-0.25, -0.2) is 13.9 Å². The van der Waals surface area contributed by atoms with E-state index in [1.807, 2.05) is 27.7 Å². The third-order valence-corrected chi connectivity index (χ3v) is 4.32. The van der Waals surface area contributed by atoms with E-state index in [0.29, 0.717) is 5.56 Å². The fourth-order valence-electron chi connectivity index (χ4n) is 1.99. The molecular weight excluding hydrogens is 386 g/mol. The van der Waals surface area contributed by atoms with Crippen LogP contribution in [-0.4, -0.2) is 25.8 Å². The van der Waals surface area contributed by atoms with E-state index in [9.17, 15) is 13.2 Å². The van der Waals surface area contributed by atoms with Crippen molar-refractivity contribution < 1.29 is 18.4 Å². The van der Waals surface area contributed by atoms with Gasteiger partial charge in [-0.15, -0.1) is 0 Å². The monoisotopic (exact) mass is 421 g/mol. The molecule has 0 saturated carbocycles. The molecule has 2 rings (SSSR count). The van der Waals surface area contributed by atoms with Gasteiger partial charge < -0.3 is 0 Å². The van der Waals surface area contributed by atoms with Crippen molar-refractivity contribution in [1.29, 1.82) is 0 Å². The first-order valence-electron chi connectivity index (χ1n) is 9.83. The van der Waals surface area contributed by atoms with Gasteiger partial charge in [0.15, 0.2) is 9.84 Å². The average Bonchev–Trinajstić information content (AvgIpc) is 2.76. The number of hydrogen-bond donors (Lipinski definition) is 2. The second-order valence-electron chi connectivity index (χ2n) is 5.39. The van der Waals surface area contributed by atoms with Crippen molar-refractivity contribution in [3.8, 4) is 0 Å². The molecule has 0 heterocycles. The van der Waals surface area contributed by atoms with Crippen LogP contribution in [0.25, 0.3) is 6.08 Å². The molecule has 1 amide bonds. The van der Waals surface area contributed by atoms with E-state index < -0.39 is 15.7 Å². The maximum Gasteiger partial charge on any atom is 0.267 e. The van der Waals surface area contributed by atoms with Crippen molar-refractivity contribution in [3.05, 3.63) is 71.8 Å². The molecule has 0 spiro atoms. The van der Waals surface area contributed by atoms with Gasteiger partial charge in [0.05, 0.1) is 4.90 Å². The summed E-state index contributed by atoms with van der Waals surface area (Å²) in [6.07, 6.45) is 6.06. The van der Waals surface area contributed by atoms with E-state index >= 15 is 0 Å². The normalized spacial score (nSPS) is 9.76. The molecule has 0 unspecified atom stereocenters. The van der Waals surface area contributed by atoms with Crippen LogP contribution in [0.2, 0.25) is 0 Å². The summed E-state index contributed by atoms with van der Waals surface area (Å²) in [5.41, 5.74) is 3.44. The summed E-state index contributed by atoms with van der Waals surface area (Å²) in [7, 11) is -3.25. The lowest BCUT2D eigenvalue weighted by molar-refractivity contribution is -0.124. The minimum atomic E-state index is -3.25. The van der Waals surface area contributed by atoms with Gasteiger partial charge >= 0.3 is 0 Å². The van der Waals surface area contributed by atoms with Gasteiger partial charge in [-0.3, -0.25) is 10.0 Å². The van der Waals surface area contributed by atoms with E-state index in [-0.39, 0.29) is 4.90 Å². The number of carbonyl (C=O) groups excluding carboxylic acids is 1. The fraction of sp³-hybridized carbons (Fsp3) is 0.348. The van der Waals surface area contributed by atoms with Crippen LogP contribution in [0.3, 0.4) is 0 Å². The fourth-order valence-corrected chi connectivity index (χ4v) is 2.67. The smallest absolute Gasteiger partial charge is 0.267 e. The highest BCUT2D eigenvalue weighted by Gasteiger charge is 2.06. The maximum atomic E-state index is 11.2. The van der Waals surface area contributed by atoms with Crippen molar-refractivity contribution in [1.82, 2.24) is 5.48 Å². The predicted octanol–water partition coefficient (Wildman–Crippen LogP) is 5.30. The van der Waals surface area contributed by atoms with Gasteiger partial charge in [-0.1, -0.05) is 83.5 Å². The Morgan fingerprint density at radius 1 is 1.00 bits per heavy atom. The predicted molar refractivity (Wildman–Crippen MR) is 122 cm³/mol. The van der Waals surface area contributed by atoms with Crippen LogP contribution in [0.4, 0.5) is 0 Å². The summed E-state index contributed by atoms with van der Waals surface area (Å²) < 4.78 is 22.5. The van der Waals surface area contributed by atoms with Gasteiger partial charge in [0.25, 0.3) is 5.91 Å². The van der Waals surface area contributed by atoms with Crippen LogP contribution in [0.5, 0.6) is 0 Å². The molecule has 29 heavy (non-hydrogen) atoms. The Balaban J connectivity index is 0. The molecule has 2 N–H and O–H groups in total. The summed E-state index contributed by atoms with van der Waals surface area (Å²) in [6, 6.07) is 16.7. The van der Waals surface area contributed by atoms with Crippen LogP contribution in [-0.2, 0) is 21.1 Å². The second kappa shape index (κ2) is 17.6. The molecule has 162 valence electrons. The van der Waals surface area contributed by atoms with Crippen LogP contribution >= 0.6 is 0 Å². The number of aryl methyl sites for hydroxylation is 1. The molecule has 0 fully saturated rings. The van der Waals surface area contributed by atoms with Gasteiger partial charge in [0, 0.05) is 12.3 Å². The highest BCUT2D eigenvalue weighted by molar-refractivity contribution is 7.90. The van der Waals surface area contributed by atoms with Gasteiger partial charge in [-0.05, 0) is 35.8 Å². The van der Waals surface area contributed by atoms with E-state index in [1.165, 1.54) is 42.1 Å². The largest absolute Gasteiger partial charge is 0.288 e. The van der Waals surface area contributed by atoms with Crippen LogP contribution in [0.1, 0.15) is 52.2 Å². The molecule has 0 radical (unpaired) electrons. The molecule has 0 saturated heterocycles. The standard InChI is InChI=1S/C10H11NO4S.C9H12.2C2H6/c1-16(14,15)9-4-2-3-8(7-9)5-6-10(12)11-13;1-2-6-9-7-4-3-5-8-9;2*1-2/h2-7,13H,1H3,(H,11,12);3-5,7-8H,2,6H2,1H3;2*1-2H3/b6-5+;;;. The number of benzene rings is 2. The lowest BCUT2D eigenvalue weighted by Crippen LogP contribution is -2.14. The van der Waals surface area contributed by atoms with Crippen molar-refractivity contribution in [2.24, 2.45) is 0 Å². The van der Waals surface area contributed by atoms with E-state index in [4.69, 9.17) is 5.21 Å². The number of nitrogens with one attached hydrogen (secondary N) is 1. The quantitative estimate of drug-likeness (QED) is 0.390. The van der Waals surface area contributed by atoms with Crippen molar-refractivity contribution in [2.75, 3.05) is 6.26 Å². The molecule has 0 aliphatic rings. The molecule has 0 bridgehead atoms.